The monoisotopic (exact) mass is 268 g/mol. The fourth-order valence-electron chi connectivity index (χ4n) is 2.08. The molecule has 104 valence electrons. The molecule has 1 heterocycles. The van der Waals surface area contributed by atoms with Crippen molar-refractivity contribution in [2.45, 2.75) is 25.3 Å². The molecule has 0 amide bonds. The summed E-state index contributed by atoms with van der Waals surface area (Å²) in [6.07, 6.45) is 2.57. The van der Waals surface area contributed by atoms with Crippen LogP contribution in [-0.2, 0) is 6.42 Å². The van der Waals surface area contributed by atoms with E-state index in [0.29, 0.717) is 6.42 Å². The number of halogens is 2. The van der Waals surface area contributed by atoms with E-state index in [1.54, 1.807) is 0 Å². The number of alkyl halides is 2. The van der Waals surface area contributed by atoms with Crippen LogP contribution in [0.15, 0.2) is 30.5 Å². The van der Waals surface area contributed by atoms with Gasteiger partial charge >= 0.3 is 0 Å². The SMILES string of the molecule is C[C@@H](Cc1c[nH]c2ccccc12)NCC(F)(F)CO. The van der Waals surface area contributed by atoms with Crippen LogP contribution in [0.25, 0.3) is 10.9 Å². The number of aromatic nitrogens is 1. The number of rotatable bonds is 6. The summed E-state index contributed by atoms with van der Waals surface area (Å²) in [6, 6.07) is 7.81. The lowest BCUT2D eigenvalue weighted by Gasteiger charge is -2.18. The van der Waals surface area contributed by atoms with Gasteiger partial charge in [-0.1, -0.05) is 18.2 Å². The van der Waals surface area contributed by atoms with Crippen LogP contribution >= 0.6 is 0 Å². The van der Waals surface area contributed by atoms with Gasteiger partial charge in [0.1, 0.15) is 6.61 Å². The van der Waals surface area contributed by atoms with E-state index in [2.05, 4.69) is 10.3 Å². The van der Waals surface area contributed by atoms with E-state index in [0.717, 1.165) is 16.5 Å². The molecule has 0 radical (unpaired) electrons. The minimum absolute atomic E-state index is 0.0865. The first-order chi connectivity index (χ1) is 9.02. The molecule has 2 rings (SSSR count). The highest BCUT2D eigenvalue weighted by molar-refractivity contribution is 5.83. The minimum atomic E-state index is -3.06. The highest BCUT2D eigenvalue weighted by Crippen LogP contribution is 2.19. The molecule has 0 unspecified atom stereocenters. The fourth-order valence-corrected chi connectivity index (χ4v) is 2.08. The lowest BCUT2D eigenvalue weighted by Crippen LogP contribution is -2.40. The van der Waals surface area contributed by atoms with Gasteiger partial charge in [-0.05, 0) is 25.0 Å². The van der Waals surface area contributed by atoms with Crippen molar-refractivity contribution in [2.75, 3.05) is 13.2 Å². The molecule has 0 aliphatic carbocycles. The molecule has 1 aromatic heterocycles. The standard InChI is InChI=1S/C14H18F2N2O/c1-10(18-8-14(15,16)9-19)6-11-7-17-13-5-3-2-4-12(11)13/h2-5,7,10,17-19H,6,8-9H2,1H3/t10-/m0/s1. The summed E-state index contributed by atoms with van der Waals surface area (Å²) >= 11 is 0. The van der Waals surface area contributed by atoms with Crippen LogP contribution < -0.4 is 5.32 Å². The van der Waals surface area contributed by atoms with Crippen LogP contribution in [0.5, 0.6) is 0 Å². The number of H-pyrrole nitrogens is 1. The Bertz CT molecular complexity index is 539. The fraction of sp³-hybridized carbons (Fsp3) is 0.429. The molecule has 5 heteroatoms. The predicted molar refractivity (Wildman–Crippen MR) is 71.5 cm³/mol. The Morgan fingerprint density at radius 1 is 1.37 bits per heavy atom. The van der Waals surface area contributed by atoms with Gasteiger partial charge in [0.2, 0.25) is 0 Å². The van der Waals surface area contributed by atoms with Crippen molar-refractivity contribution >= 4 is 10.9 Å². The third-order valence-electron chi connectivity index (χ3n) is 3.14. The molecule has 2 aromatic rings. The van der Waals surface area contributed by atoms with E-state index in [1.807, 2.05) is 37.4 Å². The van der Waals surface area contributed by atoms with Crippen LogP contribution in [0.4, 0.5) is 8.78 Å². The van der Waals surface area contributed by atoms with E-state index in [-0.39, 0.29) is 6.04 Å². The number of hydrogen-bond acceptors (Lipinski definition) is 2. The van der Waals surface area contributed by atoms with Crippen LogP contribution in [0.3, 0.4) is 0 Å². The number of benzene rings is 1. The quantitative estimate of drug-likeness (QED) is 0.753. The molecule has 3 N–H and O–H groups in total. The number of aliphatic hydroxyl groups excluding tert-OH is 1. The molecule has 0 aliphatic heterocycles. The van der Waals surface area contributed by atoms with Gasteiger partial charge in [-0.2, -0.15) is 0 Å². The van der Waals surface area contributed by atoms with Gasteiger partial charge in [0.05, 0.1) is 6.54 Å². The van der Waals surface area contributed by atoms with E-state index in [4.69, 9.17) is 5.11 Å². The normalized spacial score (nSPS) is 13.9. The summed E-state index contributed by atoms with van der Waals surface area (Å²) in [5, 5.41) is 12.4. The van der Waals surface area contributed by atoms with Crippen molar-refractivity contribution in [3.8, 4) is 0 Å². The molecule has 1 aromatic carbocycles. The summed E-state index contributed by atoms with van der Waals surface area (Å²) in [6.45, 7) is 0.224. The Morgan fingerprint density at radius 3 is 2.84 bits per heavy atom. The number of aromatic amines is 1. The van der Waals surface area contributed by atoms with Crippen molar-refractivity contribution in [1.29, 1.82) is 0 Å². The Morgan fingerprint density at radius 2 is 2.11 bits per heavy atom. The molecular formula is C14H18F2N2O. The molecular weight excluding hydrogens is 250 g/mol. The Hall–Kier alpha value is -1.46. The van der Waals surface area contributed by atoms with Crippen molar-refractivity contribution < 1.29 is 13.9 Å². The molecule has 0 fully saturated rings. The number of hydrogen-bond donors (Lipinski definition) is 3. The second kappa shape index (κ2) is 5.67. The molecule has 0 spiro atoms. The smallest absolute Gasteiger partial charge is 0.282 e. The summed E-state index contributed by atoms with van der Waals surface area (Å²) in [5.41, 5.74) is 2.15. The van der Waals surface area contributed by atoms with Gasteiger partial charge < -0.3 is 15.4 Å². The molecule has 0 saturated heterocycles. The van der Waals surface area contributed by atoms with E-state index >= 15 is 0 Å². The first-order valence-electron chi connectivity index (χ1n) is 6.29. The Balaban J connectivity index is 1.97. The summed E-state index contributed by atoms with van der Waals surface area (Å²) < 4.78 is 25.9. The van der Waals surface area contributed by atoms with Crippen LogP contribution in [0.2, 0.25) is 0 Å². The van der Waals surface area contributed by atoms with Crippen molar-refractivity contribution in [1.82, 2.24) is 10.3 Å². The first kappa shape index (κ1) is 14.0. The second-order valence-corrected chi connectivity index (χ2v) is 4.86. The largest absolute Gasteiger partial charge is 0.390 e. The average molecular weight is 268 g/mol. The minimum Gasteiger partial charge on any atom is -0.390 e. The summed E-state index contributed by atoms with van der Waals surface area (Å²) in [5.74, 6) is -3.06. The molecule has 3 nitrogen and oxygen atoms in total. The summed E-state index contributed by atoms with van der Waals surface area (Å²) in [7, 11) is 0. The van der Waals surface area contributed by atoms with Crippen LogP contribution in [0, 0.1) is 0 Å². The maximum atomic E-state index is 12.9. The first-order valence-corrected chi connectivity index (χ1v) is 6.29. The number of aliphatic hydroxyl groups is 1. The number of para-hydroxylation sites is 1. The Labute approximate surface area is 110 Å². The van der Waals surface area contributed by atoms with Gasteiger partial charge in [0.15, 0.2) is 0 Å². The lowest BCUT2D eigenvalue weighted by molar-refractivity contribution is -0.0490. The molecule has 19 heavy (non-hydrogen) atoms. The topological polar surface area (TPSA) is 48.0 Å². The average Bonchev–Trinajstić information content (AvgIpc) is 2.80. The molecule has 1 atom stereocenters. The maximum absolute atomic E-state index is 12.9. The zero-order chi connectivity index (χ0) is 13.9. The molecule has 0 saturated carbocycles. The van der Waals surface area contributed by atoms with E-state index in [9.17, 15) is 8.78 Å². The van der Waals surface area contributed by atoms with Gasteiger partial charge in [-0.3, -0.25) is 0 Å². The van der Waals surface area contributed by atoms with E-state index in [1.165, 1.54) is 0 Å². The van der Waals surface area contributed by atoms with Crippen molar-refractivity contribution in [3.05, 3.63) is 36.0 Å². The zero-order valence-corrected chi connectivity index (χ0v) is 10.8. The Kier molecular flexibility index (Phi) is 4.17. The van der Waals surface area contributed by atoms with Crippen molar-refractivity contribution in [3.63, 3.8) is 0 Å². The highest BCUT2D eigenvalue weighted by atomic mass is 19.3. The molecule has 0 bridgehead atoms. The number of nitrogens with one attached hydrogen (secondary N) is 2. The molecule has 0 aliphatic rings. The maximum Gasteiger partial charge on any atom is 0.282 e. The summed E-state index contributed by atoms with van der Waals surface area (Å²) in [4.78, 5) is 3.16. The van der Waals surface area contributed by atoms with Crippen molar-refractivity contribution in [2.24, 2.45) is 0 Å². The van der Waals surface area contributed by atoms with Gasteiger partial charge in [-0.15, -0.1) is 0 Å². The van der Waals surface area contributed by atoms with Gasteiger partial charge in [0.25, 0.3) is 5.92 Å². The van der Waals surface area contributed by atoms with Crippen LogP contribution in [0.1, 0.15) is 12.5 Å². The third kappa shape index (κ3) is 3.52. The predicted octanol–water partition coefficient (Wildman–Crippen LogP) is 2.32. The third-order valence-corrected chi connectivity index (χ3v) is 3.14. The van der Waals surface area contributed by atoms with E-state index < -0.39 is 19.1 Å². The second-order valence-electron chi connectivity index (χ2n) is 4.86. The van der Waals surface area contributed by atoms with Gasteiger partial charge in [-0.25, -0.2) is 8.78 Å². The lowest BCUT2D eigenvalue weighted by atomic mass is 10.1. The van der Waals surface area contributed by atoms with Gasteiger partial charge in [0, 0.05) is 23.1 Å². The van der Waals surface area contributed by atoms with Crippen LogP contribution in [-0.4, -0.2) is 35.2 Å². The zero-order valence-electron chi connectivity index (χ0n) is 10.8. The number of fused-ring (bicyclic) bond motifs is 1. The highest BCUT2D eigenvalue weighted by Gasteiger charge is 2.27.